The largest absolute Gasteiger partial charge is 0.313 e. The fourth-order valence-corrected chi connectivity index (χ4v) is 1.60. The van der Waals surface area contributed by atoms with E-state index < -0.39 is 0 Å². The van der Waals surface area contributed by atoms with E-state index in [0.717, 1.165) is 29.1 Å². The second kappa shape index (κ2) is 2.83. The number of aryl methyl sites for hydroxylation is 3. The molecule has 2 heterocycles. The van der Waals surface area contributed by atoms with Crippen molar-refractivity contribution in [3.8, 4) is 0 Å². The highest BCUT2D eigenvalue weighted by Crippen LogP contribution is 2.13. The van der Waals surface area contributed by atoms with Crippen LogP contribution in [0.3, 0.4) is 0 Å². The summed E-state index contributed by atoms with van der Waals surface area (Å²) in [5.74, 6) is 1.04. The maximum absolute atomic E-state index is 4.45. The highest BCUT2D eigenvalue weighted by molar-refractivity contribution is 5.71. The Morgan fingerprint density at radius 2 is 2.15 bits per heavy atom. The average molecular weight is 175 g/mol. The molecule has 3 nitrogen and oxygen atoms in total. The van der Waals surface area contributed by atoms with Gasteiger partial charge in [0.1, 0.15) is 11.3 Å². The summed E-state index contributed by atoms with van der Waals surface area (Å²) < 4.78 is 2.12. The van der Waals surface area contributed by atoms with Crippen molar-refractivity contribution < 1.29 is 0 Å². The van der Waals surface area contributed by atoms with Gasteiger partial charge in [-0.2, -0.15) is 0 Å². The van der Waals surface area contributed by atoms with Crippen molar-refractivity contribution in [1.82, 2.24) is 14.5 Å². The van der Waals surface area contributed by atoms with Crippen molar-refractivity contribution in [2.45, 2.75) is 27.3 Å². The first-order chi connectivity index (χ1) is 6.22. The van der Waals surface area contributed by atoms with Gasteiger partial charge in [-0.3, -0.25) is 0 Å². The highest BCUT2D eigenvalue weighted by atomic mass is 15.1. The molecule has 0 bridgehead atoms. The topological polar surface area (TPSA) is 30.7 Å². The maximum atomic E-state index is 4.45. The number of hydrogen-bond donors (Lipinski definition) is 0. The molecule has 0 atom stereocenters. The Balaban J connectivity index is 2.79. The summed E-state index contributed by atoms with van der Waals surface area (Å²) in [5, 5.41) is 0. The molecule has 3 heteroatoms. The van der Waals surface area contributed by atoms with Crippen LogP contribution < -0.4 is 0 Å². The predicted octanol–water partition coefficient (Wildman–Crippen LogP) is 2.07. The lowest BCUT2D eigenvalue weighted by Crippen LogP contribution is -1.97. The minimum absolute atomic E-state index is 0.929. The zero-order valence-corrected chi connectivity index (χ0v) is 8.20. The van der Waals surface area contributed by atoms with E-state index in [0.29, 0.717) is 0 Å². The third-order valence-corrected chi connectivity index (χ3v) is 2.23. The number of aromatic nitrogens is 3. The Labute approximate surface area is 77.4 Å². The number of rotatable bonds is 1. The van der Waals surface area contributed by atoms with Gasteiger partial charge in [-0.15, -0.1) is 0 Å². The normalized spacial score (nSPS) is 11.0. The molecule has 0 fully saturated rings. The van der Waals surface area contributed by atoms with Crippen LogP contribution in [0, 0.1) is 13.8 Å². The number of fused-ring (bicyclic) bond motifs is 1. The van der Waals surface area contributed by atoms with Crippen LogP contribution in [0.5, 0.6) is 0 Å². The van der Waals surface area contributed by atoms with Gasteiger partial charge < -0.3 is 4.57 Å². The van der Waals surface area contributed by atoms with E-state index in [4.69, 9.17) is 0 Å². The molecule has 0 unspecified atom stereocenters. The molecule has 0 aliphatic rings. The van der Waals surface area contributed by atoms with E-state index in [9.17, 15) is 0 Å². The lowest BCUT2D eigenvalue weighted by atomic mass is 10.3. The molecule has 0 aromatic carbocycles. The van der Waals surface area contributed by atoms with Crippen molar-refractivity contribution >= 4 is 11.2 Å². The van der Waals surface area contributed by atoms with E-state index in [1.165, 1.54) is 0 Å². The number of imidazole rings is 1. The van der Waals surface area contributed by atoms with Crippen LogP contribution in [-0.4, -0.2) is 14.5 Å². The molecule has 68 valence electrons. The summed E-state index contributed by atoms with van der Waals surface area (Å²) in [6, 6.07) is 2.07. The molecule has 2 rings (SSSR count). The SMILES string of the molecule is CCn1c(C)nc2cc(C)cnc21. The Morgan fingerprint density at radius 3 is 2.85 bits per heavy atom. The van der Waals surface area contributed by atoms with Crippen LogP contribution in [-0.2, 0) is 6.54 Å². The molecule has 0 saturated carbocycles. The first-order valence-electron chi connectivity index (χ1n) is 4.52. The molecule has 0 radical (unpaired) electrons. The van der Waals surface area contributed by atoms with Gasteiger partial charge in [-0.05, 0) is 32.4 Å². The zero-order valence-electron chi connectivity index (χ0n) is 8.20. The van der Waals surface area contributed by atoms with Gasteiger partial charge in [0.2, 0.25) is 0 Å². The first-order valence-corrected chi connectivity index (χ1v) is 4.52. The third kappa shape index (κ3) is 1.20. The van der Waals surface area contributed by atoms with Gasteiger partial charge in [0.05, 0.1) is 0 Å². The van der Waals surface area contributed by atoms with E-state index in [2.05, 4.69) is 27.5 Å². The second-order valence-electron chi connectivity index (χ2n) is 3.26. The molecular weight excluding hydrogens is 162 g/mol. The number of nitrogens with zero attached hydrogens (tertiary/aromatic N) is 3. The van der Waals surface area contributed by atoms with Crippen LogP contribution in [0.4, 0.5) is 0 Å². The molecule has 2 aromatic rings. The van der Waals surface area contributed by atoms with E-state index in [-0.39, 0.29) is 0 Å². The van der Waals surface area contributed by atoms with Crippen molar-refractivity contribution in [2.75, 3.05) is 0 Å². The molecule has 0 aliphatic heterocycles. The molecule has 2 aromatic heterocycles. The summed E-state index contributed by atoms with van der Waals surface area (Å²) in [6.07, 6.45) is 1.88. The van der Waals surface area contributed by atoms with Gasteiger partial charge in [0, 0.05) is 12.7 Å². The molecular formula is C10H13N3. The highest BCUT2D eigenvalue weighted by Gasteiger charge is 2.05. The number of pyridine rings is 1. The summed E-state index contributed by atoms with van der Waals surface area (Å²) in [6.45, 7) is 7.08. The summed E-state index contributed by atoms with van der Waals surface area (Å²) in [5.41, 5.74) is 3.15. The van der Waals surface area contributed by atoms with Crippen molar-refractivity contribution in [1.29, 1.82) is 0 Å². The minimum Gasteiger partial charge on any atom is -0.313 e. The van der Waals surface area contributed by atoms with E-state index in [1.54, 1.807) is 0 Å². The fourth-order valence-electron chi connectivity index (χ4n) is 1.60. The standard InChI is InChI=1S/C10H13N3/c1-4-13-8(3)12-9-5-7(2)6-11-10(9)13/h5-6H,4H2,1-3H3. The van der Waals surface area contributed by atoms with Crippen LogP contribution in [0.25, 0.3) is 11.2 Å². The summed E-state index contributed by atoms with van der Waals surface area (Å²) in [7, 11) is 0. The van der Waals surface area contributed by atoms with Gasteiger partial charge in [-0.25, -0.2) is 9.97 Å². The molecule has 13 heavy (non-hydrogen) atoms. The summed E-state index contributed by atoms with van der Waals surface area (Å²) in [4.78, 5) is 8.82. The molecule has 0 saturated heterocycles. The van der Waals surface area contributed by atoms with Crippen LogP contribution in [0.1, 0.15) is 18.3 Å². The molecule has 0 aliphatic carbocycles. The second-order valence-corrected chi connectivity index (χ2v) is 3.26. The fraction of sp³-hybridized carbons (Fsp3) is 0.400. The van der Waals surface area contributed by atoms with Crippen molar-refractivity contribution in [2.24, 2.45) is 0 Å². The average Bonchev–Trinajstić information content (AvgIpc) is 2.39. The summed E-state index contributed by atoms with van der Waals surface area (Å²) >= 11 is 0. The first kappa shape index (κ1) is 8.23. The maximum Gasteiger partial charge on any atom is 0.159 e. The van der Waals surface area contributed by atoms with Crippen molar-refractivity contribution in [3.63, 3.8) is 0 Å². The third-order valence-electron chi connectivity index (χ3n) is 2.23. The van der Waals surface area contributed by atoms with Crippen molar-refractivity contribution in [3.05, 3.63) is 23.7 Å². The lowest BCUT2D eigenvalue weighted by Gasteiger charge is -1.99. The Kier molecular flexibility index (Phi) is 1.79. The molecule has 0 amide bonds. The smallest absolute Gasteiger partial charge is 0.159 e. The molecule has 0 N–H and O–H groups in total. The Bertz CT molecular complexity index is 443. The monoisotopic (exact) mass is 175 g/mol. The molecule has 0 spiro atoms. The van der Waals surface area contributed by atoms with Gasteiger partial charge >= 0.3 is 0 Å². The van der Waals surface area contributed by atoms with Crippen LogP contribution in [0.2, 0.25) is 0 Å². The minimum atomic E-state index is 0.929. The zero-order chi connectivity index (χ0) is 9.42. The lowest BCUT2D eigenvalue weighted by molar-refractivity contribution is 0.745. The van der Waals surface area contributed by atoms with E-state index >= 15 is 0 Å². The predicted molar refractivity (Wildman–Crippen MR) is 52.7 cm³/mol. The van der Waals surface area contributed by atoms with Gasteiger partial charge in [0.15, 0.2) is 5.65 Å². The van der Waals surface area contributed by atoms with Crippen LogP contribution in [0.15, 0.2) is 12.3 Å². The van der Waals surface area contributed by atoms with Gasteiger partial charge in [0.25, 0.3) is 0 Å². The van der Waals surface area contributed by atoms with E-state index in [1.807, 2.05) is 20.0 Å². The Morgan fingerprint density at radius 1 is 1.38 bits per heavy atom. The quantitative estimate of drug-likeness (QED) is 0.664. The van der Waals surface area contributed by atoms with Gasteiger partial charge in [-0.1, -0.05) is 0 Å². The Hall–Kier alpha value is -1.38. The van der Waals surface area contributed by atoms with Crippen LogP contribution >= 0.6 is 0 Å². The number of hydrogen-bond acceptors (Lipinski definition) is 2.